The van der Waals surface area contributed by atoms with Crippen molar-refractivity contribution in [2.75, 3.05) is 6.26 Å². The van der Waals surface area contributed by atoms with E-state index in [1.54, 1.807) is 30.8 Å². The third kappa shape index (κ3) is 3.28. The molecule has 2 rings (SSSR count). The molecule has 2 heterocycles. The standard InChI is InChI=1S/C11H14N4O3S/c1-6(9-13-11(17)15-14-9)12-10(16)8-4-3-7(18-8)5-19-2/h3-4,6H,5H2,1-2H3,(H,12,16)(H2,13,14,15,17). The number of thioether (sulfide) groups is 1. The number of amides is 1. The summed E-state index contributed by atoms with van der Waals surface area (Å²) in [5.74, 6) is 1.74. The van der Waals surface area contributed by atoms with Crippen LogP contribution in [0.3, 0.4) is 0 Å². The van der Waals surface area contributed by atoms with Crippen LogP contribution in [0.5, 0.6) is 0 Å². The van der Waals surface area contributed by atoms with Crippen LogP contribution in [0.15, 0.2) is 21.3 Å². The third-order valence-electron chi connectivity index (χ3n) is 2.45. The summed E-state index contributed by atoms with van der Waals surface area (Å²) in [7, 11) is 0. The zero-order valence-electron chi connectivity index (χ0n) is 10.5. The van der Waals surface area contributed by atoms with Gasteiger partial charge in [-0.25, -0.2) is 9.89 Å². The zero-order valence-corrected chi connectivity index (χ0v) is 11.3. The van der Waals surface area contributed by atoms with Gasteiger partial charge in [0.1, 0.15) is 5.76 Å². The highest BCUT2D eigenvalue weighted by molar-refractivity contribution is 7.97. The van der Waals surface area contributed by atoms with Gasteiger partial charge in [-0.3, -0.25) is 9.78 Å². The van der Waals surface area contributed by atoms with E-state index in [9.17, 15) is 9.59 Å². The molecule has 0 aromatic carbocycles. The fourth-order valence-electron chi connectivity index (χ4n) is 1.54. The Morgan fingerprint density at radius 3 is 3.00 bits per heavy atom. The number of carbonyl (C=O) groups excluding carboxylic acids is 1. The molecule has 0 aliphatic rings. The van der Waals surface area contributed by atoms with Crippen molar-refractivity contribution in [1.82, 2.24) is 20.5 Å². The predicted molar refractivity (Wildman–Crippen MR) is 71.0 cm³/mol. The molecular weight excluding hydrogens is 268 g/mol. The molecule has 8 heteroatoms. The van der Waals surface area contributed by atoms with Gasteiger partial charge in [-0.15, -0.1) is 0 Å². The summed E-state index contributed by atoms with van der Waals surface area (Å²) >= 11 is 1.61. The average molecular weight is 282 g/mol. The van der Waals surface area contributed by atoms with Crippen LogP contribution in [0.25, 0.3) is 0 Å². The molecular formula is C11H14N4O3S. The summed E-state index contributed by atoms with van der Waals surface area (Å²) in [6, 6.07) is 2.98. The van der Waals surface area contributed by atoms with E-state index in [1.165, 1.54) is 0 Å². The van der Waals surface area contributed by atoms with E-state index in [0.29, 0.717) is 5.82 Å². The lowest BCUT2D eigenvalue weighted by Gasteiger charge is -2.08. The van der Waals surface area contributed by atoms with Gasteiger partial charge in [-0.2, -0.15) is 16.9 Å². The van der Waals surface area contributed by atoms with Crippen molar-refractivity contribution in [2.24, 2.45) is 0 Å². The SMILES string of the molecule is CSCc1ccc(C(=O)NC(C)c2n[nH]c(=O)[nH]2)o1. The summed E-state index contributed by atoms with van der Waals surface area (Å²) < 4.78 is 5.39. The number of nitrogens with one attached hydrogen (secondary N) is 3. The maximum Gasteiger partial charge on any atom is 0.340 e. The Morgan fingerprint density at radius 2 is 2.37 bits per heavy atom. The minimum absolute atomic E-state index is 0.244. The van der Waals surface area contributed by atoms with Gasteiger partial charge in [0.05, 0.1) is 11.8 Å². The maximum atomic E-state index is 11.9. The molecule has 0 saturated heterocycles. The smallest absolute Gasteiger partial charge is 0.340 e. The molecule has 1 unspecified atom stereocenters. The molecule has 0 fully saturated rings. The van der Waals surface area contributed by atoms with Crippen LogP contribution in [0.4, 0.5) is 0 Å². The summed E-state index contributed by atoms with van der Waals surface area (Å²) in [5, 5.41) is 8.69. The first-order chi connectivity index (χ1) is 9.10. The van der Waals surface area contributed by atoms with Crippen molar-refractivity contribution in [2.45, 2.75) is 18.7 Å². The monoisotopic (exact) mass is 282 g/mol. The number of hydrogen-bond donors (Lipinski definition) is 3. The number of aromatic amines is 2. The molecule has 0 saturated carbocycles. The Bertz CT molecular complexity index is 615. The number of rotatable bonds is 5. The molecule has 1 amide bonds. The van der Waals surface area contributed by atoms with Gasteiger partial charge in [-0.1, -0.05) is 0 Å². The average Bonchev–Trinajstić information content (AvgIpc) is 2.98. The summed E-state index contributed by atoms with van der Waals surface area (Å²) in [6.07, 6.45) is 1.96. The highest BCUT2D eigenvalue weighted by atomic mass is 32.2. The van der Waals surface area contributed by atoms with E-state index < -0.39 is 11.7 Å². The van der Waals surface area contributed by atoms with Crippen LogP contribution < -0.4 is 11.0 Å². The second kappa shape index (κ2) is 5.79. The normalized spacial score (nSPS) is 12.3. The van der Waals surface area contributed by atoms with Crippen molar-refractivity contribution >= 4 is 17.7 Å². The summed E-state index contributed by atoms with van der Waals surface area (Å²) in [6.45, 7) is 1.72. The first-order valence-corrected chi connectivity index (χ1v) is 7.02. The van der Waals surface area contributed by atoms with E-state index in [0.717, 1.165) is 11.5 Å². The van der Waals surface area contributed by atoms with Crippen molar-refractivity contribution in [1.29, 1.82) is 0 Å². The molecule has 2 aromatic rings. The maximum absolute atomic E-state index is 11.9. The molecule has 102 valence electrons. The Balaban J connectivity index is 2.01. The molecule has 19 heavy (non-hydrogen) atoms. The van der Waals surface area contributed by atoms with Gasteiger partial charge in [0.25, 0.3) is 5.91 Å². The van der Waals surface area contributed by atoms with Crippen LogP contribution >= 0.6 is 11.8 Å². The highest BCUT2D eigenvalue weighted by Gasteiger charge is 2.16. The van der Waals surface area contributed by atoms with Crippen LogP contribution in [0, 0.1) is 0 Å². The molecule has 0 spiro atoms. The van der Waals surface area contributed by atoms with Gasteiger partial charge < -0.3 is 9.73 Å². The van der Waals surface area contributed by atoms with Gasteiger partial charge in [0, 0.05) is 0 Å². The van der Waals surface area contributed by atoms with Crippen molar-refractivity contribution < 1.29 is 9.21 Å². The zero-order chi connectivity index (χ0) is 13.8. The molecule has 1 atom stereocenters. The molecule has 0 radical (unpaired) electrons. The topological polar surface area (TPSA) is 104 Å². The van der Waals surface area contributed by atoms with Crippen LogP contribution in [-0.2, 0) is 5.75 Å². The van der Waals surface area contributed by atoms with E-state index in [1.807, 2.05) is 6.26 Å². The summed E-state index contributed by atoms with van der Waals surface area (Å²) in [4.78, 5) is 25.3. The Hall–Kier alpha value is -1.96. The van der Waals surface area contributed by atoms with Crippen LogP contribution in [-0.4, -0.2) is 27.3 Å². The first-order valence-electron chi connectivity index (χ1n) is 5.63. The molecule has 0 bridgehead atoms. The lowest BCUT2D eigenvalue weighted by Crippen LogP contribution is -2.27. The van der Waals surface area contributed by atoms with Gasteiger partial charge >= 0.3 is 5.69 Å². The van der Waals surface area contributed by atoms with E-state index >= 15 is 0 Å². The fourth-order valence-corrected chi connectivity index (χ4v) is 1.98. The largest absolute Gasteiger partial charge is 0.455 e. The van der Waals surface area contributed by atoms with Crippen molar-refractivity contribution in [3.8, 4) is 0 Å². The van der Waals surface area contributed by atoms with Gasteiger partial charge in [-0.05, 0) is 25.3 Å². The molecule has 2 aromatic heterocycles. The minimum Gasteiger partial charge on any atom is -0.455 e. The Kier molecular flexibility index (Phi) is 4.10. The molecule has 3 N–H and O–H groups in total. The molecule has 7 nitrogen and oxygen atoms in total. The third-order valence-corrected chi connectivity index (χ3v) is 3.02. The quantitative estimate of drug-likeness (QED) is 0.760. The number of nitrogens with zero attached hydrogens (tertiary/aromatic N) is 1. The van der Waals surface area contributed by atoms with E-state index in [-0.39, 0.29) is 11.7 Å². The number of furan rings is 1. The van der Waals surface area contributed by atoms with E-state index in [2.05, 4.69) is 20.5 Å². The number of H-pyrrole nitrogens is 2. The highest BCUT2D eigenvalue weighted by Crippen LogP contribution is 2.14. The summed E-state index contributed by atoms with van der Waals surface area (Å²) in [5.41, 5.74) is -0.406. The Morgan fingerprint density at radius 1 is 1.58 bits per heavy atom. The minimum atomic E-state index is -0.416. The number of aromatic nitrogens is 3. The predicted octanol–water partition coefficient (Wildman–Crippen LogP) is 1.04. The first kappa shape index (κ1) is 13.5. The van der Waals surface area contributed by atoms with Crippen molar-refractivity contribution in [3.05, 3.63) is 40.0 Å². The fraction of sp³-hybridized carbons (Fsp3) is 0.364. The molecule has 0 aliphatic carbocycles. The second-order valence-electron chi connectivity index (χ2n) is 3.96. The van der Waals surface area contributed by atoms with Crippen LogP contribution in [0.2, 0.25) is 0 Å². The lowest BCUT2D eigenvalue weighted by atomic mass is 10.3. The van der Waals surface area contributed by atoms with Gasteiger partial charge in [0.15, 0.2) is 11.6 Å². The lowest BCUT2D eigenvalue weighted by molar-refractivity contribution is 0.0909. The van der Waals surface area contributed by atoms with Crippen LogP contribution in [0.1, 0.15) is 35.1 Å². The molecule has 0 aliphatic heterocycles. The second-order valence-corrected chi connectivity index (χ2v) is 4.82. The number of hydrogen-bond acceptors (Lipinski definition) is 5. The van der Waals surface area contributed by atoms with Gasteiger partial charge in [0.2, 0.25) is 0 Å². The Labute approximate surface area is 113 Å². The van der Waals surface area contributed by atoms with Crippen molar-refractivity contribution in [3.63, 3.8) is 0 Å². The van der Waals surface area contributed by atoms with E-state index in [4.69, 9.17) is 4.42 Å². The number of carbonyl (C=O) groups is 1.